The lowest BCUT2D eigenvalue weighted by Gasteiger charge is -2.04. The van der Waals surface area contributed by atoms with Crippen LogP contribution in [0.15, 0.2) is 73.8 Å². The van der Waals surface area contributed by atoms with Gasteiger partial charge in [0.25, 0.3) is 0 Å². The smallest absolute Gasteiger partial charge is 0.213 e. The van der Waals surface area contributed by atoms with Gasteiger partial charge in [0.15, 0.2) is 4.90 Å². The molecule has 0 aliphatic rings. The number of hydrogen-bond acceptors (Lipinski definition) is 4. The van der Waals surface area contributed by atoms with E-state index in [2.05, 4.69) is 0 Å². The van der Waals surface area contributed by atoms with Crippen molar-refractivity contribution in [3.63, 3.8) is 0 Å². The Hall–Kier alpha value is -2.11. The van der Waals surface area contributed by atoms with Gasteiger partial charge in [-0.05, 0) is 36.4 Å². The van der Waals surface area contributed by atoms with Crippen molar-refractivity contribution in [2.24, 2.45) is 0 Å². The molecule has 0 aliphatic carbocycles. The normalized spacial score (nSPS) is 11.7. The minimum atomic E-state index is -3.94. The first-order valence-electron chi connectivity index (χ1n) is 6.01. The fourth-order valence-corrected chi connectivity index (χ4v) is 3.39. The molecule has 3 rings (SSSR count). The molecule has 0 saturated heterocycles. The maximum Gasteiger partial charge on any atom is 0.213 e. The van der Waals surface area contributed by atoms with Crippen LogP contribution in [0.1, 0.15) is 0 Å². The van der Waals surface area contributed by atoms with E-state index in [0.717, 1.165) is 6.26 Å². The summed E-state index contributed by atoms with van der Waals surface area (Å²) in [7, 11) is -3.94. The van der Waals surface area contributed by atoms with Crippen LogP contribution in [-0.4, -0.2) is 8.42 Å². The van der Waals surface area contributed by atoms with Gasteiger partial charge in [0.05, 0.1) is 10.3 Å². The summed E-state index contributed by atoms with van der Waals surface area (Å²) in [6.45, 7) is 0. The first-order chi connectivity index (χ1) is 10.00. The van der Waals surface area contributed by atoms with Crippen LogP contribution in [0.2, 0.25) is 5.02 Å². The zero-order valence-electron chi connectivity index (χ0n) is 10.6. The summed E-state index contributed by atoms with van der Waals surface area (Å²) in [5.74, 6) is 0. The summed E-state index contributed by atoms with van der Waals surface area (Å²) < 4.78 is 30.3. The average Bonchev–Trinajstić information content (AvgIpc) is 2.48. The number of hydrogen-bond donors (Lipinski definition) is 0. The zero-order valence-corrected chi connectivity index (χ0v) is 12.2. The van der Waals surface area contributed by atoms with Crippen molar-refractivity contribution in [1.82, 2.24) is 0 Å². The van der Waals surface area contributed by atoms with Gasteiger partial charge in [-0.25, -0.2) is 8.42 Å². The molecule has 2 aromatic carbocycles. The van der Waals surface area contributed by atoms with E-state index in [9.17, 15) is 13.2 Å². The lowest BCUT2D eigenvalue weighted by atomic mass is 10.2. The maximum atomic E-state index is 12.5. The number of sulfone groups is 1. The van der Waals surface area contributed by atoms with Crippen LogP contribution in [0.4, 0.5) is 0 Å². The third-order valence-corrected chi connectivity index (χ3v) is 5.07. The number of fused-ring (bicyclic) bond motifs is 1. The third-order valence-electron chi connectivity index (χ3n) is 3.06. The van der Waals surface area contributed by atoms with E-state index in [1.807, 2.05) is 0 Å². The molecule has 21 heavy (non-hydrogen) atoms. The molecule has 0 radical (unpaired) electrons. The second kappa shape index (κ2) is 5.02. The minimum absolute atomic E-state index is 0.00511. The molecule has 0 spiro atoms. The highest BCUT2D eigenvalue weighted by molar-refractivity contribution is 7.91. The highest BCUT2D eigenvalue weighted by Gasteiger charge is 2.23. The summed E-state index contributed by atoms with van der Waals surface area (Å²) in [5, 5.41) is 0.645. The van der Waals surface area contributed by atoms with E-state index in [1.54, 1.807) is 18.2 Å². The molecule has 1 heterocycles. The first kappa shape index (κ1) is 13.9. The Labute approximate surface area is 125 Å². The lowest BCUT2D eigenvalue weighted by Crippen LogP contribution is -2.15. The molecular formula is C15H9ClO4S. The largest absolute Gasteiger partial charge is 0.463 e. The fraction of sp³-hybridized carbons (Fsp3) is 0. The van der Waals surface area contributed by atoms with E-state index < -0.39 is 15.3 Å². The molecule has 6 heteroatoms. The molecule has 0 aliphatic heterocycles. The highest BCUT2D eigenvalue weighted by Crippen LogP contribution is 2.22. The third kappa shape index (κ3) is 2.34. The molecule has 0 atom stereocenters. The van der Waals surface area contributed by atoms with Gasteiger partial charge in [0, 0.05) is 5.02 Å². The maximum absolute atomic E-state index is 12.5. The second-order valence-electron chi connectivity index (χ2n) is 4.38. The van der Waals surface area contributed by atoms with Gasteiger partial charge < -0.3 is 4.42 Å². The van der Waals surface area contributed by atoms with Gasteiger partial charge in [-0.2, -0.15) is 0 Å². The Kier molecular flexibility index (Phi) is 3.31. The van der Waals surface area contributed by atoms with Crippen molar-refractivity contribution >= 4 is 32.4 Å². The predicted molar refractivity (Wildman–Crippen MR) is 79.4 cm³/mol. The van der Waals surface area contributed by atoms with Gasteiger partial charge in [0.1, 0.15) is 11.8 Å². The molecule has 3 aromatic rings. The van der Waals surface area contributed by atoms with Gasteiger partial charge in [-0.3, -0.25) is 4.79 Å². The highest BCUT2D eigenvalue weighted by atomic mass is 35.5. The molecule has 1 aromatic heterocycles. The molecule has 0 bridgehead atoms. The lowest BCUT2D eigenvalue weighted by molar-refractivity contribution is 0.566. The van der Waals surface area contributed by atoms with E-state index in [1.165, 1.54) is 30.3 Å². The van der Waals surface area contributed by atoms with Gasteiger partial charge in [-0.15, -0.1) is 0 Å². The Bertz CT molecular complexity index is 972. The van der Waals surface area contributed by atoms with Crippen molar-refractivity contribution < 1.29 is 12.8 Å². The first-order valence-corrected chi connectivity index (χ1v) is 7.87. The van der Waals surface area contributed by atoms with Crippen LogP contribution in [0.5, 0.6) is 0 Å². The predicted octanol–water partition coefficient (Wildman–Crippen LogP) is 3.28. The van der Waals surface area contributed by atoms with E-state index in [4.69, 9.17) is 16.0 Å². The molecule has 0 unspecified atom stereocenters. The molecule has 106 valence electrons. The van der Waals surface area contributed by atoms with Crippen LogP contribution in [0.25, 0.3) is 11.0 Å². The summed E-state index contributed by atoms with van der Waals surface area (Å²) >= 11 is 5.74. The SMILES string of the molecule is O=c1c(S(=O)(=O)c2ccc(Cl)cc2)coc2ccccc12. The standard InChI is InChI=1S/C15H9ClO4S/c16-10-5-7-11(8-6-10)21(18,19)14-9-20-13-4-2-1-3-12(13)15(14)17/h1-9H. The molecule has 0 N–H and O–H groups in total. The van der Waals surface area contributed by atoms with E-state index in [-0.39, 0.29) is 15.2 Å². The number of halogens is 1. The Morgan fingerprint density at radius 2 is 1.62 bits per heavy atom. The van der Waals surface area contributed by atoms with Crippen LogP contribution < -0.4 is 5.43 Å². The summed E-state index contributed by atoms with van der Waals surface area (Å²) in [4.78, 5) is 12.0. The topological polar surface area (TPSA) is 64.3 Å². The monoisotopic (exact) mass is 320 g/mol. The van der Waals surface area contributed by atoms with Crippen molar-refractivity contribution in [2.75, 3.05) is 0 Å². The molecule has 0 fully saturated rings. The summed E-state index contributed by atoms with van der Waals surface area (Å²) in [5.41, 5.74) is -0.232. The minimum Gasteiger partial charge on any atom is -0.463 e. The summed E-state index contributed by atoms with van der Waals surface area (Å²) in [6.07, 6.45) is 0.981. The zero-order chi connectivity index (χ0) is 15.0. The quantitative estimate of drug-likeness (QED) is 0.727. The molecule has 0 amide bonds. The Balaban J connectivity index is 2.27. The van der Waals surface area contributed by atoms with Gasteiger partial charge in [0.2, 0.25) is 15.3 Å². The summed E-state index contributed by atoms with van der Waals surface area (Å²) in [6, 6.07) is 12.1. The average molecular weight is 321 g/mol. The Morgan fingerprint density at radius 1 is 0.952 bits per heavy atom. The fourth-order valence-electron chi connectivity index (χ4n) is 1.99. The van der Waals surface area contributed by atoms with Crippen molar-refractivity contribution in [1.29, 1.82) is 0 Å². The van der Waals surface area contributed by atoms with Crippen LogP contribution in [0, 0.1) is 0 Å². The van der Waals surface area contributed by atoms with Gasteiger partial charge >= 0.3 is 0 Å². The molecular weight excluding hydrogens is 312 g/mol. The van der Waals surface area contributed by atoms with Crippen molar-refractivity contribution in [3.8, 4) is 0 Å². The second-order valence-corrected chi connectivity index (χ2v) is 6.74. The van der Waals surface area contributed by atoms with E-state index >= 15 is 0 Å². The van der Waals surface area contributed by atoms with Crippen LogP contribution in [-0.2, 0) is 9.84 Å². The Morgan fingerprint density at radius 3 is 2.33 bits per heavy atom. The number of benzene rings is 2. The molecule has 0 saturated carbocycles. The number of para-hydroxylation sites is 1. The van der Waals surface area contributed by atoms with Crippen LogP contribution in [0.3, 0.4) is 0 Å². The molecule has 4 nitrogen and oxygen atoms in total. The van der Waals surface area contributed by atoms with E-state index in [0.29, 0.717) is 10.6 Å². The number of rotatable bonds is 2. The van der Waals surface area contributed by atoms with Crippen LogP contribution >= 0.6 is 11.6 Å². The van der Waals surface area contributed by atoms with Crippen molar-refractivity contribution in [3.05, 3.63) is 70.0 Å². The van der Waals surface area contributed by atoms with Crippen molar-refractivity contribution in [2.45, 2.75) is 9.79 Å². The van der Waals surface area contributed by atoms with Gasteiger partial charge in [-0.1, -0.05) is 23.7 Å².